The Morgan fingerprint density at radius 3 is 2.94 bits per heavy atom. The summed E-state index contributed by atoms with van der Waals surface area (Å²) in [5.74, 6) is 0.970. The van der Waals surface area contributed by atoms with Gasteiger partial charge < -0.3 is 11.1 Å². The standard InChI is InChI=1S/C12H17N3O/c1-8-5-6-9(7-8)14-12(16)10-3-2-4-11(13)15-10/h2-4,8-9H,5-7H2,1H3,(H2,13,15)(H,14,16). The Morgan fingerprint density at radius 1 is 1.50 bits per heavy atom. The lowest BCUT2D eigenvalue weighted by molar-refractivity contribution is 0.0932. The molecule has 1 fully saturated rings. The van der Waals surface area contributed by atoms with Gasteiger partial charge >= 0.3 is 0 Å². The molecule has 2 atom stereocenters. The maximum atomic E-state index is 11.8. The number of nitrogens with two attached hydrogens (primary N) is 1. The van der Waals surface area contributed by atoms with Crippen LogP contribution in [0.25, 0.3) is 0 Å². The van der Waals surface area contributed by atoms with Crippen LogP contribution in [0.5, 0.6) is 0 Å². The first-order valence-corrected chi connectivity index (χ1v) is 5.68. The van der Waals surface area contributed by atoms with Gasteiger partial charge in [0.2, 0.25) is 0 Å². The van der Waals surface area contributed by atoms with Crippen molar-refractivity contribution in [3.05, 3.63) is 23.9 Å². The number of pyridine rings is 1. The smallest absolute Gasteiger partial charge is 0.270 e. The summed E-state index contributed by atoms with van der Waals surface area (Å²) in [5.41, 5.74) is 5.94. The number of aromatic nitrogens is 1. The Bertz CT molecular complexity index is 392. The van der Waals surface area contributed by atoms with Crippen LogP contribution in [0.4, 0.5) is 5.82 Å². The molecule has 0 saturated heterocycles. The summed E-state index contributed by atoms with van der Waals surface area (Å²) >= 11 is 0. The number of carbonyl (C=O) groups is 1. The summed E-state index contributed by atoms with van der Waals surface area (Å²) in [7, 11) is 0. The molecule has 0 aromatic carbocycles. The molecule has 1 aromatic rings. The third kappa shape index (κ3) is 2.51. The molecule has 1 aliphatic carbocycles. The highest BCUT2D eigenvalue weighted by molar-refractivity contribution is 5.92. The highest BCUT2D eigenvalue weighted by Gasteiger charge is 2.23. The minimum absolute atomic E-state index is 0.119. The number of amides is 1. The summed E-state index contributed by atoms with van der Waals surface area (Å²) < 4.78 is 0. The summed E-state index contributed by atoms with van der Waals surface area (Å²) in [4.78, 5) is 15.8. The molecule has 0 bridgehead atoms. The molecule has 0 spiro atoms. The van der Waals surface area contributed by atoms with Crippen molar-refractivity contribution >= 4 is 11.7 Å². The van der Waals surface area contributed by atoms with E-state index in [0.717, 1.165) is 12.8 Å². The molecule has 86 valence electrons. The minimum Gasteiger partial charge on any atom is -0.384 e. The van der Waals surface area contributed by atoms with Crippen LogP contribution in [0.1, 0.15) is 36.7 Å². The van der Waals surface area contributed by atoms with Gasteiger partial charge in [0.15, 0.2) is 0 Å². The second-order valence-corrected chi connectivity index (χ2v) is 4.54. The van der Waals surface area contributed by atoms with Gasteiger partial charge in [-0.3, -0.25) is 4.79 Å². The topological polar surface area (TPSA) is 68.0 Å². The summed E-state index contributed by atoms with van der Waals surface area (Å²) in [6.07, 6.45) is 3.32. The van der Waals surface area contributed by atoms with Crippen molar-refractivity contribution in [1.29, 1.82) is 0 Å². The molecule has 3 N–H and O–H groups in total. The number of nitrogen functional groups attached to an aromatic ring is 1. The SMILES string of the molecule is CC1CCC(NC(=O)c2cccc(N)n2)C1. The first kappa shape index (κ1) is 10.9. The van der Waals surface area contributed by atoms with Gasteiger partial charge in [-0.05, 0) is 37.3 Å². The maximum Gasteiger partial charge on any atom is 0.270 e. The number of anilines is 1. The average Bonchev–Trinajstić information content (AvgIpc) is 2.64. The zero-order valence-electron chi connectivity index (χ0n) is 9.44. The van der Waals surface area contributed by atoms with Crippen molar-refractivity contribution in [3.63, 3.8) is 0 Å². The van der Waals surface area contributed by atoms with Gasteiger partial charge in [0.1, 0.15) is 11.5 Å². The number of nitrogens with one attached hydrogen (secondary N) is 1. The van der Waals surface area contributed by atoms with Crippen molar-refractivity contribution in [2.75, 3.05) is 5.73 Å². The van der Waals surface area contributed by atoms with E-state index in [-0.39, 0.29) is 5.91 Å². The Morgan fingerprint density at radius 2 is 2.31 bits per heavy atom. The van der Waals surface area contributed by atoms with E-state index in [1.165, 1.54) is 6.42 Å². The van der Waals surface area contributed by atoms with Crippen LogP contribution in [-0.2, 0) is 0 Å². The summed E-state index contributed by atoms with van der Waals surface area (Å²) in [5, 5.41) is 3.00. The van der Waals surface area contributed by atoms with Crippen molar-refractivity contribution < 1.29 is 4.79 Å². The zero-order chi connectivity index (χ0) is 11.5. The molecule has 1 aliphatic rings. The molecule has 1 aromatic heterocycles. The Hall–Kier alpha value is -1.58. The van der Waals surface area contributed by atoms with E-state index in [1.54, 1.807) is 18.2 Å². The fraction of sp³-hybridized carbons (Fsp3) is 0.500. The number of nitrogens with zero attached hydrogens (tertiary/aromatic N) is 1. The van der Waals surface area contributed by atoms with E-state index in [4.69, 9.17) is 5.73 Å². The normalized spacial score (nSPS) is 24.3. The molecule has 16 heavy (non-hydrogen) atoms. The minimum atomic E-state index is -0.119. The third-order valence-corrected chi connectivity index (χ3v) is 3.03. The van der Waals surface area contributed by atoms with Crippen LogP contribution >= 0.6 is 0 Å². The molecule has 4 nitrogen and oxygen atoms in total. The number of hydrogen-bond donors (Lipinski definition) is 2. The molecular formula is C12H17N3O. The number of rotatable bonds is 2. The lowest BCUT2D eigenvalue weighted by Crippen LogP contribution is -2.33. The molecular weight excluding hydrogens is 202 g/mol. The van der Waals surface area contributed by atoms with E-state index in [2.05, 4.69) is 17.2 Å². The fourth-order valence-corrected chi connectivity index (χ4v) is 2.18. The lowest BCUT2D eigenvalue weighted by atomic mass is 10.1. The molecule has 4 heteroatoms. The lowest BCUT2D eigenvalue weighted by Gasteiger charge is -2.11. The van der Waals surface area contributed by atoms with Gasteiger partial charge in [0, 0.05) is 6.04 Å². The van der Waals surface area contributed by atoms with Crippen molar-refractivity contribution in [2.45, 2.75) is 32.2 Å². The van der Waals surface area contributed by atoms with Gasteiger partial charge in [0.25, 0.3) is 5.91 Å². The molecule has 1 heterocycles. The average molecular weight is 219 g/mol. The quantitative estimate of drug-likeness (QED) is 0.793. The van der Waals surface area contributed by atoms with Crippen molar-refractivity contribution in [3.8, 4) is 0 Å². The van der Waals surface area contributed by atoms with Crippen LogP contribution in [-0.4, -0.2) is 16.9 Å². The second-order valence-electron chi connectivity index (χ2n) is 4.54. The predicted octanol–water partition coefficient (Wildman–Crippen LogP) is 1.58. The molecule has 1 amide bonds. The molecule has 2 unspecified atom stereocenters. The van der Waals surface area contributed by atoms with Crippen LogP contribution < -0.4 is 11.1 Å². The van der Waals surface area contributed by atoms with Crippen molar-refractivity contribution in [2.24, 2.45) is 5.92 Å². The van der Waals surface area contributed by atoms with Gasteiger partial charge in [0.05, 0.1) is 0 Å². The van der Waals surface area contributed by atoms with E-state index in [9.17, 15) is 4.79 Å². The third-order valence-electron chi connectivity index (χ3n) is 3.03. The van der Waals surface area contributed by atoms with Gasteiger partial charge in [-0.2, -0.15) is 0 Å². The Kier molecular flexibility index (Phi) is 3.08. The highest BCUT2D eigenvalue weighted by atomic mass is 16.1. The van der Waals surface area contributed by atoms with Crippen LogP contribution in [0, 0.1) is 5.92 Å². The highest BCUT2D eigenvalue weighted by Crippen LogP contribution is 2.24. The molecule has 2 rings (SSSR count). The summed E-state index contributed by atoms with van der Waals surface area (Å²) in [6, 6.07) is 5.40. The Labute approximate surface area is 95.3 Å². The van der Waals surface area contributed by atoms with Gasteiger partial charge in [-0.25, -0.2) is 4.98 Å². The fourth-order valence-electron chi connectivity index (χ4n) is 2.18. The Balaban J connectivity index is 1.98. The van der Waals surface area contributed by atoms with Gasteiger partial charge in [-0.15, -0.1) is 0 Å². The van der Waals surface area contributed by atoms with Crippen molar-refractivity contribution in [1.82, 2.24) is 10.3 Å². The largest absolute Gasteiger partial charge is 0.384 e. The predicted molar refractivity (Wildman–Crippen MR) is 62.9 cm³/mol. The van der Waals surface area contributed by atoms with Crippen LogP contribution in [0.3, 0.4) is 0 Å². The molecule has 0 radical (unpaired) electrons. The van der Waals surface area contributed by atoms with Gasteiger partial charge in [-0.1, -0.05) is 13.0 Å². The summed E-state index contributed by atoms with van der Waals surface area (Å²) in [6.45, 7) is 2.21. The van der Waals surface area contributed by atoms with E-state index >= 15 is 0 Å². The molecule has 0 aliphatic heterocycles. The number of hydrogen-bond acceptors (Lipinski definition) is 3. The first-order valence-electron chi connectivity index (χ1n) is 5.68. The maximum absolute atomic E-state index is 11.8. The first-order chi connectivity index (χ1) is 7.65. The van der Waals surface area contributed by atoms with E-state index in [0.29, 0.717) is 23.5 Å². The monoisotopic (exact) mass is 219 g/mol. The van der Waals surface area contributed by atoms with Crippen LogP contribution in [0.15, 0.2) is 18.2 Å². The van der Waals surface area contributed by atoms with E-state index < -0.39 is 0 Å². The number of carbonyl (C=O) groups excluding carboxylic acids is 1. The zero-order valence-corrected chi connectivity index (χ0v) is 9.44. The van der Waals surface area contributed by atoms with Crippen LogP contribution in [0.2, 0.25) is 0 Å². The second kappa shape index (κ2) is 4.51. The molecule has 1 saturated carbocycles. The van der Waals surface area contributed by atoms with E-state index in [1.807, 2.05) is 0 Å².